The summed E-state index contributed by atoms with van der Waals surface area (Å²) < 4.78 is 24.1. The lowest BCUT2D eigenvalue weighted by molar-refractivity contribution is 0.486. The van der Waals surface area contributed by atoms with E-state index in [1.54, 1.807) is 12.1 Å². The van der Waals surface area contributed by atoms with Crippen molar-refractivity contribution in [1.29, 1.82) is 0 Å². The Morgan fingerprint density at radius 1 is 0.957 bits per heavy atom. The average molecular weight is 327 g/mol. The van der Waals surface area contributed by atoms with Crippen molar-refractivity contribution in [2.45, 2.75) is 11.0 Å². The largest absolute Gasteiger partial charge is 0.431 e. The molecule has 0 fully saturated rings. The van der Waals surface area contributed by atoms with Crippen LogP contribution in [0, 0.1) is 5.82 Å². The van der Waals surface area contributed by atoms with Crippen molar-refractivity contribution >= 4 is 22.9 Å². The SMILES string of the molecule is Fc1ccc(-c2nnc(CSc3nc4ccccc4o3)o2)cc1. The van der Waals surface area contributed by atoms with Gasteiger partial charge in [-0.25, -0.2) is 9.37 Å². The van der Waals surface area contributed by atoms with Crippen LogP contribution in [0.3, 0.4) is 0 Å². The minimum Gasteiger partial charge on any atom is -0.431 e. The van der Waals surface area contributed by atoms with Gasteiger partial charge >= 0.3 is 0 Å². The van der Waals surface area contributed by atoms with Gasteiger partial charge in [0.1, 0.15) is 11.3 Å². The summed E-state index contributed by atoms with van der Waals surface area (Å²) in [5.41, 5.74) is 2.23. The van der Waals surface area contributed by atoms with Gasteiger partial charge < -0.3 is 8.83 Å². The van der Waals surface area contributed by atoms with Crippen molar-refractivity contribution in [3.8, 4) is 11.5 Å². The Kier molecular flexibility index (Phi) is 3.55. The minimum absolute atomic E-state index is 0.306. The molecular formula is C16H10FN3O2S. The molecule has 2 aromatic heterocycles. The van der Waals surface area contributed by atoms with Crippen LogP contribution in [-0.4, -0.2) is 15.2 Å². The molecule has 0 aliphatic carbocycles. The second kappa shape index (κ2) is 5.85. The van der Waals surface area contributed by atoms with Crippen LogP contribution in [0.5, 0.6) is 0 Å². The fourth-order valence-electron chi connectivity index (χ4n) is 2.06. The lowest BCUT2D eigenvalue weighted by atomic mass is 10.2. The third-order valence-corrected chi connectivity index (χ3v) is 3.96. The summed E-state index contributed by atoms with van der Waals surface area (Å²) in [4.78, 5) is 4.37. The summed E-state index contributed by atoms with van der Waals surface area (Å²) >= 11 is 1.38. The molecule has 0 aliphatic heterocycles. The summed E-state index contributed by atoms with van der Waals surface area (Å²) in [7, 11) is 0. The predicted octanol–water partition coefficient (Wildman–Crippen LogP) is 4.31. The van der Waals surface area contributed by atoms with Crippen molar-refractivity contribution in [3.63, 3.8) is 0 Å². The lowest BCUT2D eigenvalue weighted by Gasteiger charge is -1.94. The highest BCUT2D eigenvalue weighted by atomic mass is 32.2. The number of rotatable bonds is 4. The van der Waals surface area contributed by atoms with Crippen LogP contribution < -0.4 is 0 Å². The van der Waals surface area contributed by atoms with Gasteiger partial charge in [-0.05, 0) is 36.4 Å². The zero-order valence-electron chi connectivity index (χ0n) is 11.8. The van der Waals surface area contributed by atoms with Crippen LogP contribution >= 0.6 is 11.8 Å². The first-order valence-corrected chi connectivity index (χ1v) is 7.83. The summed E-state index contributed by atoms with van der Waals surface area (Å²) in [5, 5.41) is 8.50. The van der Waals surface area contributed by atoms with Crippen molar-refractivity contribution in [1.82, 2.24) is 15.2 Å². The molecule has 0 unspecified atom stereocenters. The highest BCUT2D eigenvalue weighted by Crippen LogP contribution is 2.27. The minimum atomic E-state index is -0.306. The Bertz CT molecular complexity index is 916. The van der Waals surface area contributed by atoms with Crippen LogP contribution in [0.25, 0.3) is 22.6 Å². The third-order valence-electron chi connectivity index (χ3n) is 3.15. The number of aromatic nitrogens is 3. The van der Waals surface area contributed by atoms with Crippen LogP contribution in [0.2, 0.25) is 0 Å². The van der Waals surface area contributed by atoms with E-state index in [0.29, 0.717) is 28.3 Å². The number of oxazole rings is 1. The number of hydrogen-bond acceptors (Lipinski definition) is 6. The van der Waals surface area contributed by atoms with Gasteiger partial charge in [-0.1, -0.05) is 23.9 Å². The van der Waals surface area contributed by atoms with Crippen molar-refractivity contribution in [3.05, 3.63) is 60.2 Å². The molecule has 0 atom stereocenters. The molecule has 0 spiro atoms. The van der Waals surface area contributed by atoms with E-state index in [2.05, 4.69) is 15.2 Å². The summed E-state index contributed by atoms with van der Waals surface area (Å²) in [6.07, 6.45) is 0. The topological polar surface area (TPSA) is 65.0 Å². The van der Waals surface area contributed by atoms with E-state index in [9.17, 15) is 4.39 Å². The summed E-state index contributed by atoms with van der Waals surface area (Å²) in [5.74, 6) is 0.954. The molecule has 2 heterocycles. The first kappa shape index (κ1) is 14.0. The Morgan fingerprint density at radius 2 is 1.78 bits per heavy atom. The monoisotopic (exact) mass is 327 g/mol. The Morgan fingerprint density at radius 3 is 2.61 bits per heavy atom. The standard InChI is InChI=1S/C16H10FN3O2S/c17-11-7-5-10(6-8-11)15-20-19-14(22-15)9-23-16-18-12-3-1-2-4-13(12)21-16/h1-8H,9H2. The molecule has 5 nitrogen and oxygen atoms in total. The molecule has 0 bridgehead atoms. The molecule has 0 saturated heterocycles. The van der Waals surface area contributed by atoms with Crippen molar-refractivity contribution < 1.29 is 13.2 Å². The van der Waals surface area contributed by atoms with E-state index in [-0.39, 0.29) is 5.82 Å². The van der Waals surface area contributed by atoms with E-state index in [0.717, 1.165) is 11.1 Å². The highest BCUT2D eigenvalue weighted by molar-refractivity contribution is 7.98. The lowest BCUT2D eigenvalue weighted by Crippen LogP contribution is -1.80. The van der Waals surface area contributed by atoms with Gasteiger partial charge in [0.05, 0.1) is 5.75 Å². The second-order valence-electron chi connectivity index (χ2n) is 4.74. The number of benzene rings is 2. The maximum atomic E-state index is 12.9. The van der Waals surface area contributed by atoms with E-state index in [1.165, 1.54) is 23.9 Å². The fourth-order valence-corrected chi connectivity index (χ4v) is 2.73. The molecule has 0 N–H and O–H groups in total. The molecule has 4 rings (SSSR count). The van der Waals surface area contributed by atoms with Crippen LogP contribution in [0.15, 0.2) is 62.6 Å². The van der Waals surface area contributed by atoms with Crippen LogP contribution in [0.1, 0.15) is 5.89 Å². The molecule has 114 valence electrons. The number of hydrogen-bond donors (Lipinski definition) is 0. The molecule has 0 aliphatic rings. The maximum absolute atomic E-state index is 12.9. The van der Waals surface area contributed by atoms with Gasteiger partial charge in [0.25, 0.3) is 5.22 Å². The quantitative estimate of drug-likeness (QED) is 0.520. The van der Waals surface area contributed by atoms with Gasteiger partial charge in [0.15, 0.2) is 5.58 Å². The molecule has 0 radical (unpaired) electrons. The van der Waals surface area contributed by atoms with Crippen LogP contribution in [0.4, 0.5) is 4.39 Å². The Hall–Kier alpha value is -2.67. The fraction of sp³-hybridized carbons (Fsp3) is 0.0625. The number of thioether (sulfide) groups is 1. The number of halogens is 1. The predicted molar refractivity (Wildman–Crippen MR) is 83.3 cm³/mol. The zero-order chi connectivity index (χ0) is 15.6. The van der Waals surface area contributed by atoms with Gasteiger partial charge in [-0.2, -0.15) is 0 Å². The molecule has 4 aromatic rings. The number of para-hydroxylation sites is 2. The second-order valence-corrected chi connectivity index (χ2v) is 5.67. The number of fused-ring (bicyclic) bond motifs is 1. The summed E-state index contributed by atoms with van der Waals surface area (Å²) in [6, 6.07) is 13.5. The van der Waals surface area contributed by atoms with E-state index in [4.69, 9.17) is 8.83 Å². The molecule has 7 heteroatoms. The molecule has 2 aromatic carbocycles. The van der Waals surface area contributed by atoms with E-state index in [1.807, 2.05) is 24.3 Å². The van der Waals surface area contributed by atoms with Gasteiger partial charge in [0, 0.05) is 5.56 Å². The maximum Gasteiger partial charge on any atom is 0.257 e. The van der Waals surface area contributed by atoms with Crippen LogP contribution in [-0.2, 0) is 5.75 Å². The smallest absolute Gasteiger partial charge is 0.257 e. The van der Waals surface area contributed by atoms with Gasteiger partial charge in [-0.15, -0.1) is 10.2 Å². The normalized spacial score (nSPS) is 11.2. The van der Waals surface area contributed by atoms with E-state index >= 15 is 0 Å². The first-order valence-electron chi connectivity index (χ1n) is 6.84. The third kappa shape index (κ3) is 2.95. The molecule has 0 amide bonds. The summed E-state index contributed by atoms with van der Waals surface area (Å²) in [6.45, 7) is 0. The Balaban J connectivity index is 1.48. The highest BCUT2D eigenvalue weighted by Gasteiger charge is 2.11. The zero-order valence-corrected chi connectivity index (χ0v) is 12.6. The van der Waals surface area contributed by atoms with Crippen molar-refractivity contribution in [2.75, 3.05) is 0 Å². The van der Waals surface area contributed by atoms with Crippen molar-refractivity contribution in [2.24, 2.45) is 0 Å². The van der Waals surface area contributed by atoms with E-state index < -0.39 is 0 Å². The van der Waals surface area contributed by atoms with Gasteiger partial charge in [-0.3, -0.25) is 0 Å². The average Bonchev–Trinajstić information content (AvgIpc) is 3.20. The van der Waals surface area contributed by atoms with Gasteiger partial charge in [0.2, 0.25) is 11.8 Å². The Labute approximate surface area is 134 Å². The molecule has 23 heavy (non-hydrogen) atoms. The molecular weight excluding hydrogens is 317 g/mol. The molecule has 0 saturated carbocycles. The first-order chi connectivity index (χ1) is 11.3. The number of nitrogens with zero attached hydrogens (tertiary/aromatic N) is 3.